The van der Waals surface area contributed by atoms with Gasteiger partial charge in [0.25, 0.3) is 11.8 Å². The second-order valence-electron chi connectivity index (χ2n) is 6.93. The molecule has 3 rings (SSSR count). The molecule has 0 aliphatic heterocycles. The number of nitrogens with one attached hydrogen (secondary N) is 2. The van der Waals surface area contributed by atoms with Crippen molar-refractivity contribution in [3.05, 3.63) is 89.5 Å². The van der Waals surface area contributed by atoms with Crippen LogP contribution < -0.4 is 15.4 Å². The Morgan fingerprint density at radius 2 is 1.61 bits per heavy atom. The summed E-state index contributed by atoms with van der Waals surface area (Å²) in [6, 6.07) is 19.3. The largest absolute Gasteiger partial charge is 0.484 e. The monoisotopic (exact) mass is 453 g/mol. The summed E-state index contributed by atoms with van der Waals surface area (Å²) in [5.41, 5.74) is 0.915. The first-order valence-electron chi connectivity index (χ1n) is 9.72. The number of alkyl halides is 3. The first kappa shape index (κ1) is 23.3. The molecule has 2 N–H and O–H groups in total. The first-order chi connectivity index (χ1) is 15.7. The Hall–Kier alpha value is -4.32. The van der Waals surface area contributed by atoms with Gasteiger partial charge in [-0.15, -0.1) is 0 Å². The zero-order valence-corrected chi connectivity index (χ0v) is 17.1. The summed E-state index contributed by atoms with van der Waals surface area (Å²) in [4.78, 5) is 24.3. The summed E-state index contributed by atoms with van der Waals surface area (Å²) in [5.74, 6) is -0.667. The predicted octanol–water partition coefficient (Wildman–Crippen LogP) is 5.04. The Labute approximate surface area is 187 Å². The standard InChI is InChI=1S/C24H18F3N3O3/c25-24(26,27)18-2-1-3-20(14-18)29-22(31)15-33-21-10-6-17(7-11-21)23(32)30-19-8-4-16(5-9-19)12-13-28/h1-11,14H,12,15H2,(H,29,31)(H,30,32). The van der Waals surface area contributed by atoms with Crippen LogP contribution in [0.3, 0.4) is 0 Å². The van der Waals surface area contributed by atoms with Gasteiger partial charge in [-0.1, -0.05) is 18.2 Å². The van der Waals surface area contributed by atoms with Crippen LogP contribution in [-0.2, 0) is 17.4 Å². The van der Waals surface area contributed by atoms with Crippen LogP contribution >= 0.6 is 0 Å². The fraction of sp³-hybridized carbons (Fsp3) is 0.125. The molecular weight excluding hydrogens is 435 g/mol. The smallest absolute Gasteiger partial charge is 0.416 e. The zero-order chi connectivity index (χ0) is 23.8. The molecular formula is C24H18F3N3O3. The molecule has 33 heavy (non-hydrogen) atoms. The Kier molecular flexibility index (Phi) is 7.31. The van der Waals surface area contributed by atoms with Gasteiger partial charge >= 0.3 is 6.18 Å². The summed E-state index contributed by atoms with van der Waals surface area (Å²) in [6.07, 6.45) is -4.22. The summed E-state index contributed by atoms with van der Waals surface area (Å²) in [5, 5.41) is 13.8. The minimum Gasteiger partial charge on any atom is -0.484 e. The molecule has 0 aliphatic carbocycles. The van der Waals surface area contributed by atoms with E-state index in [-0.39, 0.29) is 18.0 Å². The highest BCUT2D eigenvalue weighted by Gasteiger charge is 2.30. The Balaban J connectivity index is 1.51. The Bertz CT molecular complexity index is 1170. The SMILES string of the molecule is N#CCc1ccc(NC(=O)c2ccc(OCC(=O)Nc3cccc(C(F)(F)F)c3)cc2)cc1. The lowest BCUT2D eigenvalue weighted by Crippen LogP contribution is -2.20. The van der Waals surface area contributed by atoms with Gasteiger partial charge in [-0.05, 0) is 60.2 Å². The highest BCUT2D eigenvalue weighted by Crippen LogP contribution is 2.30. The molecule has 0 bridgehead atoms. The van der Waals surface area contributed by atoms with E-state index >= 15 is 0 Å². The topological polar surface area (TPSA) is 91.2 Å². The maximum absolute atomic E-state index is 12.8. The molecule has 0 saturated carbocycles. The van der Waals surface area contributed by atoms with Crippen LogP contribution in [0.1, 0.15) is 21.5 Å². The number of halogens is 3. The average molecular weight is 453 g/mol. The summed E-state index contributed by atoms with van der Waals surface area (Å²) >= 11 is 0. The highest BCUT2D eigenvalue weighted by molar-refractivity contribution is 6.04. The number of carbonyl (C=O) groups is 2. The third kappa shape index (κ3) is 6.83. The van der Waals surface area contributed by atoms with Crippen molar-refractivity contribution in [3.8, 4) is 11.8 Å². The molecule has 0 aliphatic rings. The number of rotatable bonds is 7. The van der Waals surface area contributed by atoms with Gasteiger partial charge in [0.1, 0.15) is 5.75 Å². The number of amides is 2. The summed E-state index contributed by atoms with van der Waals surface area (Å²) in [7, 11) is 0. The second-order valence-corrected chi connectivity index (χ2v) is 6.93. The molecule has 0 aromatic heterocycles. The van der Waals surface area contributed by atoms with E-state index in [1.165, 1.54) is 36.4 Å². The molecule has 3 aromatic carbocycles. The summed E-state index contributed by atoms with van der Waals surface area (Å²) < 4.78 is 43.6. The van der Waals surface area contributed by atoms with Crippen LogP contribution in [-0.4, -0.2) is 18.4 Å². The van der Waals surface area contributed by atoms with Crippen LogP contribution in [0.25, 0.3) is 0 Å². The average Bonchev–Trinajstić information content (AvgIpc) is 2.79. The molecule has 0 radical (unpaired) electrons. The molecule has 6 nitrogen and oxygen atoms in total. The zero-order valence-electron chi connectivity index (χ0n) is 17.1. The van der Waals surface area contributed by atoms with Gasteiger partial charge in [-0.3, -0.25) is 9.59 Å². The number of benzene rings is 3. The van der Waals surface area contributed by atoms with E-state index in [0.717, 1.165) is 17.7 Å². The van der Waals surface area contributed by atoms with Gasteiger partial charge in [-0.25, -0.2) is 0 Å². The van der Waals surface area contributed by atoms with Gasteiger partial charge in [-0.2, -0.15) is 18.4 Å². The fourth-order valence-corrected chi connectivity index (χ4v) is 2.82. The van der Waals surface area contributed by atoms with Gasteiger partial charge in [0.2, 0.25) is 0 Å². The van der Waals surface area contributed by atoms with Crippen LogP contribution in [0, 0.1) is 11.3 Å². The van der Waals surface area contributed by atoms with Crippen LogP contribution in [0.2, 0.25) is 0 Å². The van der Waals surface area contributed by atoms with Crippen molar-refractivity contribution in [2.45, 2.75) is 12.6 Å². The summed E-state index contributed by atoms with van der Waals surface area (Å²) in [6.45, 7) is -0.420. The van der Waals surface area contributed by atoms with Gasteiger partial charge < -0.3 is 15.4 Å². The molecule has 3 aromatic rings. The third-order valence-electron chi connectivity index (χ3n) is 4.46. The fourth-order valence-electron chi connectivity index (χ4n) is 2.82. The second kappa shape index (κ2) is 10.3. The van der Waals surface area contributed by atoms with Crippen LogP contribution in [0.15, 0.2) is 72.8 Å². The Morgan fingerprint density at radius 1 is 0.909 bits per heavy atom. The minimum atomic E-state index is -4.51. The van der Waals surface area contributed by atoms with E-state index < -0.39 is 24.3 Å². The number of ether oxygens (including phenoxy) is 1. The molecule has 0 fully saturated rings. The van der Waals surface area contributed by atoms with Gasteiger partial charge in [0.15, 0.2) is 6.61 Å². The molecule has 168 valence electrons. The number of carbonyl (C=O) groups excluding carboxylic acids is 2. The molecule has 0 heterocycles. The number of hydrogen-bond donors (Lipinski definition) is 2. The van der Waals surface area contributed by atoms with Crippen LogP contribution in [0.5, 0.6) is 5.75 Å². The maximum Gasteiger partial charge on any atom is 0.416 e. The first-order valence-corrected chi connectivity index (χ1v) is 9.72. The van der Waals surface area contributed by atoms with Crippen molar-refractivity contribution >= 4 is 23.2 Å². The van der Waals surface area contributed by atoms with E-state index in [2.05, 4.69) is 10.6 Å². The molecule has 9 heteroatoms. The van der Waals surface area contributed by atoms with E-state index in [9.17, 15) is 22.8 Å². The lowest BCUT2D eigenvalue weighted by Gasteiger charge is -2.11. The lowest BCUT2D eigenvalue weighted by atomic mass is 10.1. The predicted molar refractivity (Wildman–Crippen MR) is 116 cm³/mol. The van der Waals surface area contributed by atoms with E-state index in [4.69, 9.17) is 10.00 Å². The normalized spacial score (nSPS) is 10.7. The van der Waals surface area contributed by atoms with Crippen molar-refractivity contribution < 1.29 is 27.5 Å². The van der Waals surface area contributed by atoms with E-state index in [1.807, 2.05) is 6.07 Å². The number of hydrogen-bond acceptors (Lipinski definition) is 4. The molecule has 0 saturated heterocycles. The van der Waals surface area contributed by atoms with Gasteiger partial charge in [0.05, 0.1) is 18.1 Å². The Morgan fingerprint density at radius 3 is 2.24 bits per heavy atom. The maximum atomic E-state index is 12.8. The van der Waals surface area contributed by atoms with Crippen molar-refractivity contribution in [2.75, 3.05) is 17.2 Å². The van der Waals surface area contributed by atoms with Crippen molar-refractivity contribution in [1.82, 2.24) is 0 Å². The number of nitriles is 1. The van der Waals surface area contributed by atoms with Crippen molar-refractivity contribution in [2.24, 2.45) is 0 Å². The minimum absolute atomic E-state index is 0.00565. The third-order valence-corrected chi connectivity index (χ3v) is 4.46. The van der Waals surface area contributed by atoms with Gasteiger partial charge in [0, 0.05) is 16.9 Å². The molecule has 0 spiro atoms. The van der Waals surface area contributed by atoms with Crippen molar-refractivity contribution in [1.29, 1.82) is 5.26 Å². The number of anilines is 2. The van der Waals surface area contributed by atoms with E-state index in [1.54, 1.807) is 24.3 Å². The molecule has 0 unspecified atom stereocenters. The lowest BCUT2D eigenvalue weighted by molar-refractivity contribution is -0.137. The van der Waals surface area contributed by atoms with Crippen LogP contribution in [0.4, 0.5) is 24.5 Å². The molecule has 2 amide bonds. The number of nitrogens with zero attached hydrogens (tertiary/aromatic N) is 1. The molecule has 0 atom stereocenters. The van der Waals surface area contributed by atoms with E-state index in [0.29, 0.717) is 17.0 Å². The quantitative estimate of drug-likeness (QED) is 0.524. The van der Waals surface area contributed by atoms with Crippen molar-refractivity contribution in [3.63, 3.8) is 0 Å². The highest BCUT2D eigenvalue weighted by atomic mass is 19.4.